The maximum absolute atomic E-state index is 12.3. The van der Waals surface area contributed by atoms with Gasteiger partial charge in [0.25, 0.3) is 0 Å². The molecule has 1 amide bonds. The molecule has 6 nitrogen and oxygen atoms in total. The van der Waals surface area contributed by atoms with Crippen LogP contribution in [0.1, 0.15) is 17.0 Å². The number of H-pyrrole nitrogens is 1. The van der Waals surface area contributed by atoms with Crippen LogP contribution in [0.4, 0.5) is 5.69 Å². The summed E-state index contributed by atoms with van der Waals surface area (Å²) in [6.45, 7) is 0.569. The predicted octanol–water partition coefficient (Wildman–Crippen LogP) is 1.59. The van der Waals surface area contributed by atoms with Crippen molar-refractivity contribution in [1.29, 1.82) is 5.26 Å². The zero-order chi connectivity index (χ0) is 14.8. The lowest BCUT2D eigenvalue weighted by Crippen LogP contribution is -2.44. The lowest BCUT2D eigenvalue weighted by atomic mass is 10.0. The predicted molar refractivity (Wildman–Crippen MR) is 77.7 cm³/mol. The minimum Gasteiger partial charge on any atom is -0.347 e. The van der Waals surface area contributed by atoms with E-state index in [-0.39, 0.29) is 11.9 Å². The third-order valence-electron chi connectivity index (χ3n) is 3.40. The molecule has 0 saturated heterocycles. The number of aromatic nitrogens is 2. The number of benzene rings is 1. The fraction of sp³-hybridized carbons (Fsp3) is 0.214. The van der Waals surface area contributed by atoms with Crippen molar-refractivity contribution in [3.05, 3.63) is 46.5 Å². The lowest BCUT2D eigenvalue weighted by Gasteiger charge is -2.22. The number of aromatic amines is 1. The fourth-order valence-electron chi connectivity index (χ4n) is 2.26. The topological polar surface area (TPSA) is 93.6 Å². The minimum absolute atomic E-state index is 0.194. The van der Waals surface area contributed by atoms with Crippen LogP contribution in [0.3, 0.4) is 0 Å². The van der Waals surface area contributed by atoms with Gasteiger partial charge in [-0.15, -0.1) is 0 Å². The van der Waals surface area contributed by atoms with Crippen molar-refractivity contribution in [2.45, 2.75) is 19.0 Å². The van der Waals surface area contributed by atoms with Gasteiger partial charge in [0, 0.05) is 13.0 Å². The first-order valence-electron chi connectivity index (χ1n) is 6.42. The first-order chi connectivity index (χ1) is 10.2. The molecule has 2 aromatic rings. The number of nitrogens with one attached hydrogen (secondary N) is 3. The number of imidazole rings is 1. The molecule has 1 unspecified atom stereocenters. The number of amides is 1. The van der Waals surface area contributed by atoms with Gasteiger partial charge in [0.2, 0.25) is 5.91 Å². The van der Waals surface area contributed by atoms with Gasteiger partial charge in [0.1, 0.15) is 0 Å². The molecular weight excluding hydrogens is 290 g/mol. The smallest absolute Gasteiger partial charge is 0.241 e. The normalized spacial score (nSPS) is 16.9. The third kappa shape index (κ3) is 2.75. The van der Waals surface area contributed by atoms with Gasteiger partial charge in [-0.3, -0.25) is 10.1 Å². The van der Waals surface area contributed by atoms with Crippen LogP contribution in [0.2, 0.25) is 5.02 Å². The minimum atomic E-state index is -0.373. The molecule has 0 saturated carbocycles. The summed E-state index contributed by atoms with van der Waals surface area (Å²) in [6.07, 6.45) is 2.14. The fourth-order valence-corrected chi connectivity index (χ4v) is 2.43. The molecular formula is C14H12ClN5O. The van der Waals surface area contributed by atoms with Gasteiger partial charge >= 0.3 is 0 Å². The quantitative estimate of drug-likeness (QED) is 0.785. The molecule has 1 aromatic heterocycles. The van der Waals surface area contributed by atoms with Crippen molar-refractivity contribution in [1.82, 2.24) is 15.3 Å². The van der Waals surface area contributed by atoms with E-state index >= 15 is 0 Å². The van der Waals surface area contributed by atoms with Crippen molar-refractivity contribution in [2.75, 3.05) is 5.32 Å². The molecule has 1 aliphatic rings. The highest BCUT2D eigenvalue weighted by atomic mass is 35.5. The molecule has 7 heteroatoms. The van der Waals surface area contributed by atoms with Gasteiger partial charge in [0.05, 0.1) is 46.1 Å². The molecule has 0 bridgehead atoms. The maximum atomic E-state index is 12.3. The van der Waals surface area contributed by atoms with Crippen molar-refractivity contribution < 1.29 is 4.79 Å². The molecule has 1 atom stereocenters. The molecule has 0 aliphatic carbocycles. The number of hydrogen-bond acceptors (Lipinski definition) is 4. The summed E-state index contributed by atoms with van der Waals surface area (Å²) in [5, 5.41) is 15.2. The lowest BCUT2D eigenvalue weighted by molar-refractivity contribution is -0.118. The summed E-state index contributed by atoms with van der Waals surface area (Å²) < 4.78 is 0. The molecule has 0 spiro atoms. The van der Waals surface area contributed by atoms with Crippen LogP contribution in [-0.2, 0) is 17.8 Å². The van der Waals surface area contributed by atoms with Gasteiger partial charge in [-0.2, -0.15) is 5.26 Å². The molecule has 2 heterocycles. The Bertz CT molecular complexity index is 733. The molecule has 1 aromatic carbocycles. The summed E-state index contributed by atoms with van der Waals surface area (Å²) >= 11 is 6.04. The van der Waals surface area contributed by atoms with Crippen LogP contribution in [0.5, 0.6) is 0 Å². The van der Waals surface area contributed by atoms with E-state index in [0.29, 0.717) is 29.2 Å². The van der Waals surface area contributed by atoms with E-state index in [4.69, 9.17) is 16.9 Å². The monoisotopic (exact) mass is 301 g/mol. The highest BCUT2D eigenvalue weighted by molar-refractivity contribution is 6.33. The Morgan fingerprint density at radius 2 is 2.38 bits per heavy atom. The number of nitrogens with zero attached hydrogens (tertiary/aromatic N) is 2. The first-order valence-corrected chi connectivity index (χ1v) is 6.80. The van der Waals surface area contributed by atoms with E-state index < -0.39 is 0 Å². The average molecular weight is 302 g/mol. The van der Waals surface area contributed by atoms with Crippen molar-refractivity contribution in [3.8, 4) is 6.07 Å². The number of anilines is 1. The number of rotatable bonds is 2. The number of carbonyl (C=O) groups excluding carboxylic acids is 1. The van der Waals surface area contributed by atoms with Crippen LogP contribution in [0.25, 0.3) is 0 Å². The Morgan fingerprint density at radius 1 is 1.52 bits per heavy atom. The van der Waals surface area contributed by atoms with Crippen molar-refractivity contribution in [3.63, 3.8) is 0 Å². The summed E-state index contributed by atoms with van der Waals surface area (Å²) in [5.74, 6) is -0.194. The van der Waals surface area contributed by atoms with E-state index in [0.717, 1.165) is 11.4 Å². The maximum Gasteiger partial charge on any atom is 0.241 e. The average Bonchev–Trinajstić information content (AvgIpc) is 2.96. The number of fused-ring (bicyclic) bond motifs is 1. The number of hydrogen-bond donors (Lipinski definition) is 3. The van der Waals surface area contributed by atoms with Gasteiger partial charge in [-0.05, 0) is 18.2 Å². The van der Waals surface area contributed by atoms with Crippen LogP contribution < -0.4 is 10.6 Å². The summed E-state index contributed by atoms with van der Waals surface area (Å²) in [7, 11) is 0. The molecule has 21 heavy (non-hydrogen) atoms. The Balaban J connectivity index is 1.74. The van der Waals surface area contributed by atoms with Crippen LogP contribution in [-0.4, -0.2) is 21.9 Å². The molecule has 0 fully saturated rings. The summed E-state index contributed by atoms with van der Waals surface area (Å²) in [6, 6.07) is 6.40. The van der Waals surface area contributed by atoms with Gasteiger partial charge < -0.3 is 10.3 Å². The van der Waals surface area contributed by atoms with Crippen LogP contribution in [0, 0.1) is 11.3 Å². The second-order valence-corrected chi connectivity index (χ2v) is 5.17. The number of carbonyl (C=O) groups is 1. The van der Waals surface area contributed by atoms with Crippen LogP contribution in [0.15, 0.2) is 24.5 Å². The second kappa shape index (κ2) is 5.56. The van der Waals surface area contributed by atoms with Crippen molar-refractivity contribution >= 4 is 23.2 Å². The Labute approximate surface area is 126 Å². The van der Waals surface area contributed by atoms with Gasteiger partial charge in [-0.25, -0.2) is 4.98 Å². The van der Waals surface area contributed by atoms with E-state index in [9.17, 15) is 4.79 Å². The molecule has 3 rings (SSSR count). The Hall–Kier alpha value is -2.36. The molecule has 106 valence electrons. The van der Waals surface area contributed by atoms with E-state index in [1.165, 1.54) is 0 Å². The third-order valence-corrected chi connectivity index (χ3v) is 3.73. The number of nitriles is 1. The number of halogens is 1. The Kier molecular flexibility index (Phi) is 3.60. The highest BCUT2D eigenvalue weighted by Crippen LogP contribution is 2.23. The zero-order valence-electron chi connectivity index (χ0n) is 11.0. The second-order valence-electron chi connectivity index (χ2n) is 4.76. The summed E-state index contributed by atoms with van der Waals surface area (Å²) in [5.41, 5.74) is 2.78. The largest absolute Gasteiger partial charge is 0.347 e. The first kappa shape index (κ1) is 13.6. The SMILES string of the molecule is N#Cc1ccc(Cl)c(NC(=O)C2Cc3nc[nH]c3CN2)c1. The van der Waals surface area contributed by atoms with Crippen molar-refractivity contribution in [2.24, 2.45) is 0 Å². The van der Waals surface area contributed by atoms with Crippen LogP contribution >= 0.6 is 11.6 Å². The Morgan fingerprint density at radius 3 is 3.19 bits per heavy atom. The van der Waals surface area contributed by atoms with E-state index in [1.807, 2.05) is 6.07 Å². The zero-order valence-corrected chi connectivity index (χ0v) is 11.7. The van der Waals surface area contributed by atoms with E-state index in [1.54, 1.807) is 24.5 Å². The standard InChI is InChI=1S/C14H12ClN5O/c15-9-2-1-8(5-16)3-10(9)20-14(21)12-4-11-13(6-17-12)19-7-18-11/h1-3,7,12,17H,4,6H2,(H,18,19)(H,20,21). The van der Waals surface area contributed by atoms with Gasteiger partial charge in [0.15, 0.2) is 0 Å². The highest BCUT2D eigenvalue weighted by Gasteiger charge is 2.26. The molecule has 0 radical (unpaired) electrons. The molecule has 1 aliphatic heterocycles. The molecule has 3 N–H and O–H groups in total. The van der Waals surface area contributed by atoms with E-state index in [2.05, 4.69) is 20.6 Å². The van der Waals surface area contributed by atoms with Gasteiger partial charge in [-0.1, -0.05) is 11.6 Å². The summed E-state index contributed by atoms with van der Waals surface area (Å²) in [4.78, 5) is 19.5.